The molecule has 1 aromatic heterocycles. The number of benzene rings is 1. The van der Waals surface area contributed by atoms with Crippen molar-refractivity contribution in [2.45, 2.75) is 20.4 Å². The van der Waals surface area contributed by atoms with Gasteiger partial charge in [-0.15, -0.1) is 0 Å². The van der Waals surface area contributed by atoms with E-state index in [0.29, 0.717) is 5.88 Å². The Labute approximate surface area is 122 Å². The number of rotatable bonds is 5. The van der Waals surface area contributed by atoms with Crippen LogP contribution in [0.15, 0.2) is 41.0 Å². The van der Waals surface area contributed by atoms with Gasteiger partial charge < -0.3 is 10.1 Å². The number of nitrogens with zero attached hydrogens (tertiary/aromatic N) is 1. The van der Waals surface area contributed by atoms with E-state index in [1.807, 2.05) is 37.3 Å². The molecule has 3 nitrogen and oxygen atoms in total. The average Bonchev–Trinajstić information content (AvgIpc) is 2.42. The van der Waals surface area contributed by atoms with Crippen molar-refractivity contribution in [2.75, 3.05) is 6.54 Å². The van der Waals surface area contributed by atoms with Gasteiger partial charge in [-0.2, -0.15) is 0 Å². The Morgan fingerprint density at radius 3 is 2.89 bits per heavy atom. The zero-order chi connectivity index (χ0) is 13.7. The average molecular weight is 321 g/mol. The van der Waals surface area contributed by atoms with Crippen molar-refractivity contribution in [2.24, 2.45) is 0 Å². The van der Waals surface area contributed by atoms with E-state index in [9.17, 15) is 0 Å². The van der Waals surface area contributed by atoms with Crippen LogP contribution in [0, 0.1) is 6.92 Å². The molecule has 0 unspecified atom stereocenters. The number of nitrogens with one attached hydrogen (secondary N) is 1. The van der Waals surface area contributed by atoms with E-state index in [4.69, 9.17) is 4.74 Å². The fraction of sp³-hybridized carbons (Fsp3) is 0.267. The Morgan fingerprint density at radius 2 is 2.16 bits per heavy atom. The molecule has 1 heterocycles. The Bertz CT molecular complexity index is 558. The first kappa shape index (κ1) is 14.0. The van der Waals surface area contributed by atoms with Crippen LogP contribution in [0.25, 0.3) is 0 Å². The highest BCUT2D eigenvalue weighted by atomic mass is 79.9. The van der Waals surface area contributed by atoms with E-state index in [2.05, 4.69) is 33.2 Å². The molecule has 0 radical (unpaired) electrons. The minimum Gasteiger partial charge on any atom is -0.439 e. The zero-order valence-electron chi connectivity index (χ0n) is 11.1. The largest absolute Gasteiger partial charge is 0.439 e. The van der Waals surface area contributed by atoms with Gasteiger partial charge in [0.25, 0.3) is 0 Å². The molecule has 2 rings (SSSR count). The molecule has 0 amide bonds. The Morgan fingerprint density at radius 1 is 1.32 bits per heavy atom. The maximum absolute atomic E-state index is 5.87. The lowest BCUT2D eigenvalue weighted by molar-refractivity contribution is 0.453. The van der Waals surface area contributed by atoms with Gasteiger partial charge in [0, 0.05) is 22.8 Å². The molecule has 4 heteroatoms. The number of halogens is 1. The molecule has 0 atom stereocenters. The fourth-order valence-corrected chi connectivity index (χ4v) is 1.95. The maximum atomic E-state index is 5.87. The highest BCUT2D eigenvalue weighted by Crippen LogP contribution is 2.26. The van der Waals surface area contributed by atoms with Crippen LogP contribution < -0.4 is 10.1 Å². The third-order valence-electron chi connectivity index (χ3n) is 2.76. The molecule has 0 aliphatic rings. The van der Waals surface area contributed by atoms with Gasteiger partial charge >= 0.3 is 0 Å². The molecular weight excluding hydrogens is 304 g/mol. The number of hydrogen-bond donors (Lipinski definition) is 1. The molecule has 0 aliphatic heterocycles. The summed E-state index contributed by atoms with van der Waals surface area (Å²) in [7, 11) is 0. The Hall–Kier alpha value is -1.39. The second-order valence-electron chi connectivity index (χ2n) is 4.26. The van der Waals surface area contributed by atoms with Crippen LogP contribution in [0.2, 0.25) is 0 Å². The van der Waals surface area contributed by atoms with Crippen LogP contribution in [-0.2, 0) is 6.54 Å². The van der Waals surface area contributed by atoms with Crippen LogP contribution in [0.1, 0.15) is 18.1 Å². The zero-order valence-corrected chi connectivity index (χ0v) is 12.7. The normalized spacial score (nSPS) is 10.5. The molecule has 100 valence electrons. The third-order valence-corrected chi connectivity index (χ3v) is 3.65. The lowest BCUT2D eigenvalue weighted by Gasteiger charge is -2.11. The van der Waals surface area contributed by atoms with E-state index in [0.717, 1.165) is 34.4 Å². The first-order valence-corrected chi connectivity index (χ1v) is 7.08. The predicted octanol–water partition coefficient (Wildman–Crippen LogP) is 4.05. The maximum Gasteiger partial charge on any atom is 0.223 e. The van der Waals surface area contributed by atoms with Crippen molar-refractivity contribution in [3.63, 3.8) is 0 Å². The third kappa shape index (κ3) is 3.78. The Kier molecular flexibility index (Phi) is 4.93. The van der Waals surface area contributed by atoms with E-state index in [-0.39, 0.29) is 0 Å². The minimum absolute atomic E-state index is 0.658. The second-order valence-corrected chi connectivity index (χ2v) is 5.12. The standard InChI is InChI=1S/C15H17BrN2O/c1-3-17-10-12-5-4-8-18-15(12)19-13-6-7-14(16)11(2)9-13/h4-9,17H,3,10H2,1-2H3. The number of aryl methyl sites for hydroxylation is 1. The summed E-state index contributed by atoms with van der Waals surface area (Å²) in [4.78, 5) is 4.31. The summed E-state index contributed by atoms with van der Waals surface area (Å²) in [5.41, 5.74) is 2.20. The molecule has 0 saturated carbocycles. The van der Waals surface area contributed by atoms with Crippen LogP contribution in [0.5, 0.6) is 11.6 Å². The number of aromatic nitrogens is 1. The molecule has 0 bridgehead atoms. The van der Waals surface area contributed by atoms with Crippen LogP contribution in [0.3, 0.4) is 0 Å². The van der Waals surface area contributed by atoms with E-state index >= 15 is 0 Å². The van der Waals surface area contributed by atoms with Gasteiger partial charge in [-0.1, -0.05) is 28.9 Å². The highest BCUT2D eigenvalue weighted by Gasteiger charge is 2.06. The van der Waals surface area contributed by atoms with E-state index in [1.54, 1.807) is 6.20 Å². The minimum atomic E-state index is 0.658. The molecular formula is C15H17BrN2O. The molecule has 1 N–H and O–H groups in total. The molecule has 0 saturated heterocycles. The van der Waals surface area contributed by atoms with Gasteiger partial charge in [0.2, 0.25) is 5.88 Å². The lowest BCUT2D eigenvalue weighted by Crippen LogP contribution is -2.12. The molecule has 0 aliphatic carbocycles. The monoisotopic (exact) mass is 320 g/mol. The van der Waals surface area contributed by atoms with Crippen molar-refractivity contribution < 1.29 is 4.74 Å². The molecule has 1 aromatic carbocycles. The van der Waals surface area contributed by atoms with Gasteiger partial charge in [0.15, 0.2) is 0 Å². The molecule has 0 fully saturated rings. The first-order chi connectivity index (χ1) is 9.20. The Balaban J connectivity index is 2.20. The fourth-order valence-electron chi connectivity index (χ4n) is 1.70. The quantitative estimate of drug-likeness (QED) is 0.902. The van der Waals surface area contributed by atoms with E-state index < -0.39 is 0 Å². The smallest absolute Gasteiger partial charge is 0.223 e. The number of ether oxygens (including phenoxy) is 1. The van der Waals surface area contributed by atoms with Gasteiger partial charge in [0.05, 0.1) is 0 Å². The van der Waals surface area contributed by atoms with E-state index in [1.165, 1.54) is 0 Å². The topological polar surface area (TPSA) is 34.2 Å². The molecule has 0 spiro atoms. The summed E-state index contributed by atoms with van der Waals surface area (Å²) >= 11 is 3.48. The van der Waals surface area contributed by atoms with Crippen molar-refractivity contribution in [3.8, 4) is 11.6 Å². The summed E-state index contributed by atoms with van der Waals surface area (Å²) in [6, 6.07) is 9.86. The van der Waals surface area contributed by atoms with Crippen molar-refractivity contribution in [1.29, 1.82) is 0 Å². The number of pyridine rings is 1. The van der Waals surface area contributed by atoms with Crippen molar-refractivity contribution in [1.82, 2.24) is 10.3 Å². The van der Waals surface area contributed by atoms with Gasteiger partial charge in [-0.25, -0.2) is 4.98 Å². The van der Waals surface area contributed by atoms with Crippen LogP contribution in [-0.4, -0.2) is 11.5 Å². The van der Waals surface area contributed by atoms with Gasteiger partial charge in [0.1, 0.15) is 5.75 Å². The van der Waals surface area contributed by atoms with Gasteiger partial charge in [-0.3, -0.25) is 0 Å². The summed E-state index contributed by atoms with van der Waals surface area (Å²) in [6.45, 7) is 5.80. The SMILES string of the molecule is CCNCc1cccnc1Oc1ccc(Br)c(C)c1. The predicted molar refractivity (Wildman–Crippen MR) is 80.6 cm³/mol. The molecule has 2 aromatic rings. The molecule has 19 heavy (non-hydrogen) atoms. The lowest BCUT2D eigenvalue weighted by atomic mass is 10.2. The van der Waals surface area contributed by atoms with Crippen molar-refractivity contribution in [3.05, 3.63) is 52.1 Å². The second kappa shape index (κ2) is 6.68. The van der Waals surface area contributed by atoms with Crippen LogP contribution >= 0.6 is 15.9 Å². The summed E-state index contributed by atoms with van der Waals surface area (Å²) < 4.78 is 6.95. The first-order valence-electron chi connectivity index (χ1n) is 6.29. The summed E-state index contributed by atoms with van der Waals surface area (Å²) in [5, 5.41) is 3.28. The van der Waals surface area contributed by atoms with Crippen molar-refractivity contribution >= 4 is 15.9 Å². The van der Waals surface area contributed by atoms with Gasteiger partial charge in [-0.05, 0) is 43.3 Å². The van der Waals surface area contributed by atoms with Crippen LogP contribution in [0.4, 0.5) is 0 Å². The highest BCUT2D eigenvalue weighted by molar-refractivity contribution is 9.10. The summed E-state index contributed by atoms with van der Waals surface area (Å²) in [6.07, 6.45) is 1.75. The summed E-state index contributed by atoms with van der Waals surface area (Å²) in [5.74, 6) is 1.46. The number of hydrogen-bond acceptors (Lipinski definition) is 3.